The summed E-state index contributed by atoms with van der Waals surface area (Å²) in [5, 5.41) is 22.1. The van der Waals surface area contributed by atoms with E-state index >= 15 is 0 Å². The van der Waals surface area contributed by atoms with Crippen LogP contribution in [0.3, 0.4) is 0 Å². The van der Waals surface area contributed by atoms with Crippen molar-refractivity contribution in [2.24, 2.45) is 11.8 Å². The number of nitriles is 1. The van der Waals surface area contributed by atoms with Crippen molar-refractivity contribution in [3.8, 4) is 11.8 Å². The molecule has 3 rings (SSSR count). The highest BCUT2D eigenvalue weighted by molar-refractivity contribution is 5.74. The summed E-state index contributed by atoms with van der Waals surface area (Å²) in [5.74, 6) is 1.63. The summed E-state index contributed by atoms with van der Waals surface area (Å²) < 4.78 is 5.62. The molecule has 0 aliphatic carbocycles. The van der Waals surface area contributed by atoms with Crippen LogP contribution < -0.4 is 10.1 Å². The molecule has 2 aliphatic heterocycles. The Bertz CT molecular complexity index is 674. The Labute approximate surface area is 166 Å². The number of rotatable bonds is 8. The van der Waals surface area contributed by atoms with Crippen LogP contribution in [0.4, 0.5) is 4.79 Å². The van der Waals surface area contributed by atoms with E-state index in [1.807, 2.05) is 4.90 Å². The highest BCUT2D eigenvalue weighted by atomic mass is 16.5. The van der Waals surface area contributed by atoms with Crippen LogP contribution in [-0.2, 0) is 0 Å². The van der Waals surface area contributed by atoms with E-state index in [1.165, 1.54) is 0 Å². The molecule has 2 saturated heterocycles. The molecule has 2 fully saturated rings. The topological polar surface area (TPSA) is 88.8 Å². The summed E-state index contributed by atoms with van der Waals surface area (Å²) >= 11 is 0. The fourth-order valence-corrected chi connectivity index (χ4v) is 4.06. The smallest absolute Gasteiger partial charge is 0.317 e. The van der Waals surface area contributed by atoms with Crippen LogP contribution in [0, 0.1) is 23.2 Å². The maximum Gasteiger partial charge on any atom is 0.317 e. The second-order valence-electron chi connectivity index (χ2n) is 7.83. The molecule has 7 nitrogen and oxygen atoms in total. The fraction of sp³-hybridized carbons (Fsp3) is 0.619. The first-order valence-corrected chi connectivity index (χ1v) is 10.1. The number of amides is 2. The second-order valence-corrected chi connectivity index (χ2v) is 7.83. The molecule has 2 unspecified atom stereocenters. The van der Waals surface area contributed by atoms with Gasteiger partial charge in [-0.2, -0.15) is 5.26 Å². The highest BCUT2D eigenvalue weighted by Gasteiger charge is 2.41. The van der Waals surface area contributed by atoms with Gasteiger partial charge in [0.1, 0.15) is 18.5 Å². The molecule has 0 spiro atoms. The van der Waals surface area contributed by atoms with Gasteiger partial charge in [-0.25, -0.2) is 4.79 Å². The van der Waals surface area contributed by atoms with Gasteiger partial charge in [0.25, 0.3) is 0 Å². The lowest BCUT2D eigenvalue weighted by Gasteiger charge is -2.23. The lowest BCUT2D eigenvalue weighted by Crippen LogP contribution is -2.41. The van der Waals surface area contributed by atoms with Gasteiger partial charge in [-0.15, -0.1) is 0 Å². The number of ether oxygens (including phenoxy) is 1. The highest BCUT2D eigenvalue weighted by Crippen LogP contribution is 2.31. The predicted octanol–water partition coefficient (Wildman–Crippen LogP) is 1.67. The molecule has 1 aromatic rings. The number of nitrogens with one attached hydrogen (secondary N) is 1. The number of nitrogens with zero attached hydrogens (tertiary/aromatic N) is 3. The molecule has 0 saturated carbocycles. The molecular formula is C21H30N4O3. The molecule has 28 heavy (non-hydrogen) atoms. The second kappa shape index (κ2) is 9.76. The van der Waals surface area contributed by atoms with Gasteiger partial charge in [0.2, 0.25) is 0 Å². The SMILES string of the molecule is CCCCNC(=O)N1CC2CN(C[C@H](O)COc3ccc(C#N)cc3)CC2C1. The lowest BCUT2D eigenvalue weighted by molar-refractivity contribution is 0.0724. The Morgan fingerprint density at radius 3 is 2.57 bits per heavy atom. The van der Waals surface area contributed by atoms with E-state index in [-0.39, 0.29) is 12.6 Å². The number of carbonyl (C=O) groups excluding carboxylic acids is 1. The summed E-state index contributed by atoms with van der Waals surface area (Å²) in [7, 11) is 0. The number of aliphatic hydroxyl groups is 1. The van der Waals surface area contributed by atoms with Crippen molar-refractivity contribution in [3.05, 3.63) is 29.8 Å². The van der Waals surface area contributed by atoms with Crippen molar-refractivity contribution < 1.29 is 14.6 Å². The van der Waals surface area contributed by atoms with E-state index in [9.17, 15) is 9.90 Å². The van der Waals surface area contributed by atoms with Gasteiger partial charge in [-0.05, 0) is 42.5 Å². The number of aliphatic hydroxyl groups excluding tert-OH is 1. The molecule has 2 amide bonds. The molecule has 2 heterocycles. The van der Waals surface area contributed by atoms with Crippen molar-refractivity contribution in [2.45, 2.75) is 25.9 Å². The first-order valence-electron chi connectivity index (χ1n) is 10.1. The van der Waals surface area contributed by atoms with E-state index in [2.05, 4.69) is 23.2 Å². The minimum absolute atomic E-state index is 0.0604. The Morgan fingerprint density at radius 2 is 1.96 bits per heavy atom. The molecular weight excluding hydrogens is 356 g/mol. The Hall–Kier alpha value is -2.30. The summed E-state index contributed by atoms with van der Waals surface area (Å²) in [4.78, 5) is 16.4. The van der Waals surface area contributed by atoms with Gasteiger partial charge in [-0.1, -0.05) is 13.3 Å². The molecule has 7 heteroatoms. The number of hydrogen-bond donors (Lipinski definition) is 2. The Kier molecular flexibility index (Phi) is 7.12. The number of hydrogen-bond acceptors (Lipinski definition) is 5. The fourth-order valence-electron chi connectivity index (χ4n) is 4.06. The number of urea groups is 1. The van der Waals surface area contributed by atoms with Gasteiger partial charge in [0.05, 0.1) is 11.6 Å². The quantitative estimate of drug-likeness (QED) is 0.664. The van der Waals surface area contributed by atoms with Crippen molar-refractivity contribution in [1.82, 2.24) is 15.1 Å². The third-order valence-electron chi connectivity index (χ3n) is 5.55. The van der Waals surface area contributed by atoms with Gasteiger partial charge < -0.3 is 20.1 Å². The van der Waals surface area contributed by atoms with E-state index in [0.29, 0.717) is 29.7 Å². The van der Waals surface area contributed by atoms with Crippen LogP contribution in [0.25, 0.3) is 0 Å². The Morgan fingerprint density at radius 1 is 1.29 bits per heavy atom. The summed E-state index contributed by atoms with van der Waals surface area (Å²) in [5.41, 5.74) is 0.588. The van der Waals surface area contributed by atoms with Crippen LogP contribution >= 0.6 is 0 Å². The number of β-amino-alcohol motifs (C(OH)–C–C–N with tert-alkyl or cyclic N) is 1. The van der Waals surface area contributed by atoms with Crippen LogP contribution in [0.15, 0.2) is 24.3 Å². The minimum Gasteiger partial charge on any atom is -0.491 e. The molecule has 2 aliphatic rings. The van der Waals surface area contributed by atoms with Crippen LogP contribution in [0.2, 0.25) is 0 Å². The van der Waals surface area contributed by atoms with Crippen molar-refractivity contribution in [1.29, 1.82) is 5.26 Å². The zero-order chi connectivity index (χ0) is 19.9. The molecule has 0 radical (unpaired) electrons. The predicted molar refractivity (Wildman–Crippen MR) is 106 cm³/mol. The average Bonchev–Trinajstić information content (AvgIpc) is 3.25. The molecule has 2 N–H and O–H groups in total. The van der Waals surface area contributed by atoms with Gasteiger partial charge in [-0.3, -0.25) is 4.90 Å². The van der Waals surface area contributed by atoms with Gasteiger partial charge in [0.15, 0.2) is 0 Å². The number of benzene rings is 1. The number of carbonyl (C=O) groups is 1. The van der Waals surface area contributed by atoms with Crippen LogP contribution in [0.1, 0.15) is 25.3 Å². The van der Waals surface area contributed by atoms with Crippen LogP contribution in [0.5, 0.6) is 5.75 Å². The van der Waals surface area contributed by atoms with Crippen LogP contribution in [-0.4, -0.2) is 72.9 Å². The summed E-state index contributed by atoms with van der Waals surface area (Å²) in [6.45, 7) is 7.10. The minimum atomic E-state index is -0.567. The normalized spacial score (nSPS) is 22.5. The number of fused-ring (bicyclic) bond motifs is 1. The molecule has 0 bridgehead atoms. The van der Waals surface area contributed by atoms with E-state index < -0.39 is 6.10 Å². The van der Waals surface area contributed by atoms with E-state index in [1.54, 1.807) is 24.3 Å². The maximum absolute atomic E-state index is 12.2. The largest absolute Gasteiger partial charge is 0.491 e. The number of likely N-dealkylation sites (tertiary alicyclic amines) is 2. The standard InChI is InChI=1S/C21H30N4O3/c1-2-3-8-23-21(27)25-12-17-10-24(11-18(17)13-25)14-19(26)15-28-20-6-4-16(9-22)5-7-20/h4-7,17-19,26H,2-3,8,10-15H2,1H3,(H,23,27)/t17?,18?,19-/m0/s1. The first kappa shape index (κ1) is 20.4. The van der Waals surface area contributed by atoms with Crippen molar-refractivity contribution in [3.63, 3.8) is 0 Å². The van der Waals surface area contributed by atoms with Gasteiger partial charge in [0, 0.05) is 39.3 Å². The lowest BCUT2D eigenvalue weighted by atomic mass is 10.0. The maximum atomic E-state index is 12.2. The third kappa shape index (κ3) is 5.37. The zero-order valence-corrected chi connectivity index (χ0v) is 16.5. The molecule has 1 aromatic carbocycles. The monoisotopic (exact) mass is 386 g/mol. The van der Waals surface area contributed by atoms with Crippen molar-refractivity contribution >= 4 is 6.03 Å². The first-order chi connectivity index (χ1) is 13.6. The molecule has 3 atom stereocenters. The molecule has 152 valence electrons. The van der Waals surface area contributed by atoms with E-state index in [0.717, 1.165) is 45.6 Å². The van der Waals surface area contributed by atoms with Crippen molar-refractivity contribution in [2.75, 3.05) is 45.9 Å². The van der Waals surface area contributed by atoms with E-state index in [4.69, 9.17) is 10.00 Å². The zero-order valence-electron chi connectivity index (χ0n) is 16.5. The Balaban J connectivity index is 1.36. The molecule has 0 aromatic heterocycles. The average molecular weight is 386 g/mol. The summed E-state index contributed by atoms with van der Waals surface area (Å²) in [6, 6.07) is 9.02. The summed E-state index contributed by atoms with van der Waals surface area (Å²) in [6.07, 6.45) is 1.53. The van der Waals surface area contributed by atoms with Gasteiger partial charge >= 0.3 is 6.03 Å². The number of unbranched alkanes of at least 4 members (excludes halogenated alkanes) is 1. The third-order valence-corrected chi connectivity index (χ3v) is 5.55.